The van der Waals surface area contributed by atoms with Crippen LogP contribution in [-0.4, -0.2) is 118 Å². The van der Waals surface area contributed by atoms with Crippen LogP contribution < -0.4 is 20.7 Å². The molecule has 0 saturated carbocycles. The van der Waals surface area contributed by atoms with Crippen LogP contribution in [0, 0.1) is 11.6 Å². The van der Waals surface area contributed by atoms with E-state index in [1.54, 1.807) is 100 Å². The zero-order valence-corrected chi connectivity index (χ0v) is 43.7. The van der Waals surface area contributed by atoms with Gasteiger partial charge in [0.1, 0.15) is 34.0 Å². The number of hydrogen-bond donors (Lipinski definition) is 1. The van der Waals surface area contributed by atoms with Gasteiger partial charge in [0.05, 0.1) is 29.0 Å². The van der Waals surface area contributed by atoms with Crippen molar-refractivity contribution in [1.82, 2.24) is 18.9 Å². The summed E-state index contributed by atoms with van der Waals surface area (Å²) in [5.74, 6) is -3.35. The van der Waals surface area contributed by atoms with Gasteiger partial charge in [-0.05, 0) is 108 Å². The van der Waals surface area contributed by atoms with E-state index in [1.807, 2.05) is 37.8 Å². The van der Waals surface area contributed by atoms with Crippen LogP contribution in [-0.2, 0) is 27.3 Å². The molecular formula is C54H58Cl2F2N6O10. The second kappa shape index (κ2) is 22.5. The second-order valence-electron chi connectivity index (χ2n) is 19.8. The third-order valence-corrected chi connectivity index (χ3v) is 12.6. The Hall–Kier alpha value is -7.18. The molecule has 2 aliphatic heterocycles. The number of carbonyl (C=O) groups excluding carboxylic acids is 3. The molecule has 6 aromatic rings. The Kier molecular flexibility index (Phi) is 16.6. The smallest absolute Gasteiger partial charge is 0.410 e. The maximum Gasteiger partial charge on any atom is 0.410 e. The number of carbonyl (C=O) groups is 4. The predicted octanol–water partition coefficient (Wildman–Crippen LogP) is 9.67. The van der Waals surface area contributed by atoms with E-state index in [1.165, 1.54) is 18.5 Å². The van der Waals surface area contributed by atoms with Gasteiger partial charge in [-0.2, -0.15) is 0 Å². The molecule has 0 spiro atoms. The Morgan fingerprint density at radius 3 is 1.30 bits per heavy atom. The first kappa shape index (κ1) is 54.6. The van der Waals surface area contributed by atoms with Gasteiger partial charge < -0.3 is 48.1 Å². The molecule has 20 heteroatoms. The number of amides is 2. The highest BCUT2D eigenvalue weighted by molar-refractivity contribution is 6.30. The van der Waals surface area contributed by atoms with E-state index < -0.39 is 63.4 Å². The molecule has 2 amide bonds. The minimum atomic E-state index is -1.38. The Morgan fingerprint density at radius 1 is 0.581 bits per heavy atom. The molecule has 4 heterocycles. The number of piperazine rings is 2. The number of fused-ring (bicyclic) bond motifs is 2. The topological polar surface area (TPSA) is 173 Å². The number of halogens is 4. The molecule has 16 nitrogen and oxygen atoms in total. The molecule has 392 valence electrons. The summed E-state index contributed by atoms with van der Waals surface area (Å²) in [6.45, 7) is 16.1. The number of nitrogens with zero attached hydrogens (tertiary/aromatic N) is 6. The van der Waals surface area contributed by atoms with Gasteiger partial charge in [-0.15, -0.1) is 0 Å². The number of carboxylic acids is 1. The van der Waals surface area contributed by atoms with Crippen LogP contribution >= 0.6 is 23.2 Å². The summed E-state index contributed by atoms with van der Waals surface area (Å²) in [6, 6.07) is 19.7. The molecule has 2 saturated heterocycles. The minimum Gasteiger partial charge on any atom is -0.477 e. The normalized spacial score (nSPS) is 14.1. The van der Waals surface area contributed by atoms with Gasteiger partial charge in [-0.1, -0.05) is 47.5 Å². The van der Waals surface area contributed by atoms with Crippen molar-refractivity contribution in [2.75, 3.05) is 68.8 Å². The van der Waals surface area contributed by atoms with Crippen molar-refractivity contribution in [1.29, 1.82) is 0 Å². The lowest BCUT2D eigenvalue weighted by atomic mass is 10.1. The molecule has 1 N–H and O–H groups in total. The fraction of sp³-hybridized carbons (Fsp3) is 0.370. The van der Waals surface area contributed by atoms with Crippen LogP contribution in [0.25, 0.3) is 21.8 Å². The van der Waals surface area contributed by atoms with Crippen molar-refractivity contribution in [3.8, 4) is 0 Å². The van der Waals surface area contributed by atoms with E-state index in [0.717, 1.165) is 17.2 Å². The third-order valence-electron chi connectivity index (χ3n) is 12.1. The van der Waals surface area contributed by atoms with Crippen LogP contribution in [0.3, 0.4) is 0 Å². The molecule has 0 bridgehead atoms. The molecule has 0 radical (unpaired) electrons. The fourth-order valence-corrected chi connectivity index (χ4v) is 8.79. The number of aromatic nitrogens is 2. The second-order valence-corrected chi connectivity index (χ2v) is 20.7. The number of aromatic carboxylic acids is 1. The van der Waals surface area contributed by atoms with E-state index in [2.05, 4.69) is 0 Å². The first-order valence-corrected chi connectivity index (χ1v) is 24.7. The van der Waals surface area contributed by atoms with Crippen molar-refractivity contribution in [3.05, 3.63) is 150 Å². The summed E-state index contributed by atoms with van der Waals surface area (Å²) in [4.78, 5) is 81.9. The van der Waals surface area contributed by atoms with Crippen molar-refractivity contribution >= 4 is 80.5 Å². The van der Waals surface area contributed by atoms with Gasteiger partial charge in [-0.3, -0.25) is 9.59 Å². The Balaban J connectivity index is 0.000000217. The highest BCUT2D eigenvalue weighted by atomic mass is 35.5. The zero-order valence-electron chi connectivity index (χ0n) is 42.2. The Bertz CT molecular complexity index is 3210. The standard InChI is InChI=1S/C28H31ClFN3O5.C26H27ClFN3O5/c1-5-37-26(35)21-17-33(16-18-6-8-19(29)9-7-18)23-15-24(22(30)14-20(23)25(21)34)31-10-12-32(13-11-31)27(36)38-28(2,3)4;1-26(2,3)36-25(35)30-10-8-29(9-11-30)22-13-21-18(12-20(22)28)23(32)19(24(33)34)15-31(21)14-16-4-6-17(27)7-5-16/h6-9,14-15,17H,5,10-13,16H2,1-4H3;4-7,12-13,15H,8-11,14H2,1-3H3,(H,33,34). The Morgan fingerprint density at radius 2 is 0.946 bits per heavy atom. The van der Waals surface area contributed by atoms with Gasteiger partial charge in [-0.25, -0.2) is 28.0 Å². The van der Waals surface area contributed by atoms with Crippen molar-refractivity contribution < 1.29 is 47.3 Å². The summed E-state index contributed by atoms with van der Waals surface area (Å²) in [6.07, 6.45) is 1.92. The van der Waals surface area contributed by atoms with Crippen molar-refractivity contribution in [2.45, 2.75) is 72.8 Å². The summed E-state index contributed by atoms with van der Waals surface area (Å²) in [5, 5.41) is 10.8. The first-order chi connectivity index (χ1) is 34.9. The SMILES string of the molecule is CC(C)(C)OC(=O)N1CCN(c2cc3c(cc2F)c(=O)c(C(=O)O)cn3Cc2ccc(Cl)cc2)CC1.CCOC(=O)c1cn(Cc2ccc(Cl)cc2)c2cc(N3CCN(C(=O)OC(C)(C)C)CC3)c(F)cc2c1=O. The van der Waals surface area contributed by atoms with E-state index in [9.17, 15) is 33.9 Å². The number of anilines is 2. The van der Waals surface area contributed by atoms with E-state index in [0.29, 0.717) is 85.7 Å². The van der Waals surface area contributed by atoms with Crippen LogP contribution in [0.2, 0.25) is 10.0 Å². The van der Waals surface area contributed by atoms with Crippen molar-refractivity contribution in [3.63, 3.8) is 0 Å². The third kappa shape index (κ3) is 13.1. The predicted molar refractivity (Wildman–Crippen MR) is 280 cm³/mol. The lowest BCUT2D eigenvalue weighted by Gasteiger charge is -2.37. The fourth-order valence-electron chi connectivity index (χ4n) is 8.54. The molecular weight excluding hydrogens is 1000 g/mol. The molecule has 4 aromatic carbocycles. The summed E-state index contributed by atoms with van der Waals surface area (Å²) < 4.78 is 50.0. The molecule has 0 atom stereocenters. The van der Waals surface area contributed by atoms with Gasteiger partial charge in [0, 0.05) is 98.7 Å². The minimum absolute atomic E-state index is 0.0162. The molecule has 2 aromatic heterocycles. The molecule has 2 aliphatic rings. The molecule has 0 unspecified atom stereocenters. The number of esters is 1. The van der Waals surface area contributed by atoms with Gasteiger partial charge in [0.15, 0.2) is 0 Å². The van der Waals surface area contributed by atoms with Crippen LogP contribution in [0.5, 0.6) is 0 Å². The quantitative estimate of drug-likeness (QED) is 0.108. The lowest BCUT2D eigenvalue weighted by molar-refractivity contribution is 0.0230. The van der Waals surface area contributed by atoms with Gasteiger partial charge in [0.2, 0.25) is 10.9 Å². The van der Waals surface area contributed by atoms with Crippen LogP contribution in [0.1, 0.15) is 80.3 Å². The maximum atomic E-state index is 15.4. The van der Waals surface area contributed by atoms with E-state index >= 15 is 8.78 Å². The van der Waals surface area contributed by atoms with Crippen molar-refractivity contribution in [2.24, 2.45) is 0 Å². The van der Waals surface area contributed by atoms with Crippen LogP contribution in [0.15, 0.2) is 94.8 Å². The highest BCUT2D eigenvalue weighted by Crippen LogP contribution is 2.30. The average Bonchev–Trinajstić information content (AvgIpc) is 3.33. The average molecular weight is 1060 g/mol. The van der Waals surface area contributed by atoms with E-state index in [-0.39, 0.29) is 35.2 Å². The van der Waals surface area contributed by atoms with Gasteiger partial charge in [0.25, 0.3) is 0 Å². The largest absolute Gasteiger partial charge is 0.477 e. The monoisotopic (exact) mass is 1060 g/mol. The highest BCUT2D eigenvalue weighted by Gasteiger charge is 2.30. The first-order valence-electron chi connectivity index (χ1n) is 24.0. The van der Waals surface area contributed by atoms with Gasteiger partial charge >= 0.3 is 24.1 Å². The number of benzene rings is 4. The maximum absolute atomic E-state index is 15.4. The number of hydrogen-bond acceptors (Lipinski definition) is 11. The number of pyridine rings is 2. The lowest BCUT2D eigenvalue weighted by Crippen LogP contribution is -2.50. The summed E-state index contributed by atoms with van der Waals surface area (Å²) in [5.41, 5.74) is 0.0411. The number of rotatable bonds is 9. The molecule has 0 aliphatic carbocycles. The van der Waals surface area contributed by atoms with Crippen LogP contribution in [0.4, 0.5) is 29.7 Å². The summed E-state index contributed by atoms with van der Waals surface area (Å²) in [7, 11) is 0. The summed E-state index contributed by atoms with van der Waals surface area (Å²) >= 11 is 12.0. The Labute approximate surface area is 436 Å². The van der Waals surface area contributed by atoms with E-state index in [4.69, 9.17) is 37.4 Å². The number of ether oxygens (including phenoxy) is 3. The number of carboxylic acid groups (broad SMARTS) is 1. The molecule has 8 rings (SSSR count). The molecule has 2 fully saturated rings. The zero-order chi connectivity index (χ0) is 53.8. The molecule has 74 heavy (non-hydrogen) atoms.